The Morgan fingerprint density at radius 2 is 2.35 bits per heavy atom. The highest BCUT2D eigenvalue weighted by Crippen LogP contribution is 2.36. The Balaban J connectivity index is 1.92. The van der Waals surface area contributed by atoms with Gasteiger partial charge in [0.05, 0.1) is 25.3 Å². The van der Waals surface area contributed by atoms with E-state index in [4.69, 9.17) is 9.47 Å². The monoisotopic (exact) mass is 272 g/mol. The van der Waals surface area contributed by atoms with Crippen molar-refractivity contribution in [1.29, 1.82) is 0 Å². The zero-order valence-corrected chi connectivity index (χ0v) is 11.5. The lowest BCUT2D eigenvalue weighted by Gasteiger charge is -2.24. The van der Waals surface area contributed by atoms with Gasteiger partial charge in [-0.05, 0) is 19.1 Å². The lowest BCUT2D eigenvalue weighted by molar-refractivity contribution is 0.0849. The summed E-state index contributed by atoms with van der Waals surface area (Å²) in [6.45, 7) is 2.81. The highest BCUT2D eigenvalue weighted by molar-refractivity contribution is 6.00. The Kier molecular flexibility index (Phi) is 3.18. The molecule has 1 aromatic heterocycles. The van der Waals surface area contributed by atoms with Gasteiger partial charge in [0, 0.05) is 24.4 Å². The van der Waals surface area contributed by atoms with E-state index in [-0.39, 0.29) is 11.9 Å². The molecule has 104 valence electrons. The summed E-state index contributed by atoms with van der Waals surface area (Å²) < 4.78 is 12.9. The largest absolute Gasteiger partial charge is 0.497 e. The number of rotatable bonds is 3. The smallest absolute Gasteiger partial charge is 0.170 e. The van der Waals surface area contributed by atoms with E-state index in [1.807, 2.05) is 17.8 Å². The normalized spacial score (nSPS) is 17.5. The summed E-state index contributed by atoms with van der Waals surface area (Å²) in [5, 5.41) is 4.23. The maximum atomic E-state index is 12.2. The highest BCUT2D eigenvalue weighted by atomic mass is 16.5. The summed E-state index contributed by atoms with van der Waals surface area (Å²) in [4.78, 5) is 12.2. The van der Waals surface area contributed by atoms with Crippen molar-refractivity contribution in [3.05, 3.63) is 41.7 Å². The van der Waals surface area contributed by atoms with Gasteiger partial charge in [0.2, 0.25) is 0 Å². The van der Waals surface area contributed by atoms with E-state index in [2.05, 4.69) is 5.10 Å². The Labute approximate surface area is 117 Å². The molecule has 0 bridgehead atoms. The molecule has 1 aliphatic rings. The number of aryl methyl sites for hydroxylation is 1. The number of benzene rings is 1. The zero-order chi connectivity index (χ0) is 14.1. The average molecular weight is 272 g/mol. The van der Waals surface area contributed by atoms with Crippen LogP contribution >= 0.6 is 0 Å². The molecule has 0 saturated carbocycles. The van der Waals surface area contributed by atoms with Crippen LogP contribution in [0.5, 0.6) is 11.5 Å². The molecule has 1 aromatic carbocycles. The Hall–Kier alpha value is -2.30. The molecule has 0 spiro atoms. The highest BCUT2D eigenvalue weighted by Gasteiger charge is 2.28. The molecule has 1 aliphatic heterocycles. The van der Waals surface area contributed by atoms with Crippen LogP contribution in [0.1, 0.15) is 35.4 Å². The fourth-order valence-electron chi connectivity index (χ4n) is 2.34. The third-order valence-corrected chi connectivity index (χ3v) is 3.48. The number of nitrogens with zero attached hydrogens (tertiary/aromatic N) is 2. The molecule has 0 fully saturated rings. The van der Waals surface area contributed by atoms with Crippen LogP contribution in [0.4, 0.5) is 0 Å². The summed E-state index contributed by atoms with van der Waals surface area (Å²) in [6.07, 6.45) is 3.74. The quantitative estimate of drug-likeness (QED) is 0.862. The Bertz CT molecular complexity index is 648. The second kappa shape index (κ2) is 5.00. The van der Waals surface area contributed by atoms with Gasteiger partial charge in [0.15, 0.2) is 5.78 Å². The summed E-state index contributed by atoms with van der Waals surface area (Å²) in [5.41, 5.74) is 1.54. The second-order valence-corrected chi connectivity index (χ2v) is 4.73. The topological polar surface area (TPSA) is 53.4 Å². The molecule has 5 heteroatoms. The average Bonchev–Trinajstić information content (AvgIpc) is 2.95. The Morgan fingerprint density at radius 3 is 3.05 bits per heavy atom. The molecular formula is C15H16N2O3. The van der Waals surface area contributed by atoms with Gasteiger partial charge in [-0.1, -0.05) is 0 Å². The maximum absolute atomic E-state index is 12.2. The first-order valence-electron chi connectivity index (χ1n) is 6.61. The molecule has 0 saturated heterocycles. The number of Topliss-reactive ketones (excluding diaryl/α,β-unsaturated/α-hetero) is 1. The molecule has 0 amide bonds. The van der Waals surface area contributed by atoms with Crippen LogP contribution in [0.25, 0.3) is 0 Å². The molecule has 20 heavy (non-hydrogen) atoms. The molecule has 2 heterocycles. The first kappa shape index (κ1) is 12.7. The number of carbonyl (C=O) groups excluding carboxylic acids is 1. The minimum Gasteiger partial charge on any atom is -0.497 e. The summed E-state index contributed by atoms with van der Waals surface area (Å²) in [7, 11) is 1.59. The van der Waals surface area contributed by atoms with Crippen LogP contribution in [0.15, 0.2) is 30.6 Å². The first-order valence-corrected chi connectivity index (χ1v) is 6.61. The number of ether oxygens (including phenoxy) is 2. The molecule has 2 aromatic rings. The number of carbonyl (C=O) groups is 1. The van der Waals surface area contributed by atoms with Crippen LogP contribution < -0.4 is 9.47 Å². The van der Waals surface area contributed by atoms with Crippen LogP contribution in [-0.2, 0) is 6.54 Å². The molecule has 1 atom stereocenters. The van der Waals surface area contributed by atoms with Gasteiger partial charge in [-0.2, -0.15) is 5.10 Å². The van der Waals surface area contributed by atoms with Crippen molar-refractivity contribution in [3.63, 3.8) is 0 Å². The molecule has 1 unspecified atom stereocenters. The van der Waals surface area contributed by atoms with Gasteiger partial charge in [-0.25, -0.2) is 0 Å². The van der Waals surface area contributed by atoms with Gasteiger partial charge in [-0.15, -0.1) is 0 Å². The number of hydrogen-bond acceptors (Lipinski definition) is 4. The SMILES string of the molecule is CCn1cc(C2CC(=O)c3ccc(OC)cc3O2)cn1. The first-order chi connectivity index (χ1) is 9.71. The number of ketones is 1. The van der Waals surface area contributed by atoms with Gasteiger partial charge < -0.3 is 9.47 Å². The van der Waals surface area contributed by atoms with E-state index in [1.54, 1.807) is 31.5 Å². The van der Waals surface area contributed by atoms with Gasteiger partial charge >= 0.3 is 0 Å². The van der Waals surface area contributed by atoms with Crippen molar-refractivity contribution in [2.45, 2.75) is 26.0 Å². The number of methoxy groups -OCH3 is 1. The standard InChI is InChI=1S/C15H16N2O3/c1-3-17-9-10(8-16-17)14-7-13(18)12-5-4-11(19-2)6-15(12)20-14/h4-6,8-9,14H,3,7H2,1-2H3. The minimum atomic E-state index is -0.276. The summed E-state index contributed by atoms with van der Waals surface area (Å²) in [5.74, 6) is 1.35. The molecular weight excluding hydrogens is 256 g/mol. The lowest BCUT2D eigenvalue weighted by Crippen LogP contribution is -2.20. The van der Waals surface area contributed by atoms with Gasteiger partial charge in [0.1, 0.15) is 17.6 Å². The third kappa shape index (κ3) is 2.15. The third-order valence-electron chi connectivity index (χ3n) is 3.48. The number of aromatic nitrogens is 2. The summed E-state index contributed by atoms with van der Waals surface area (Å²) >= 11 is 0. The van der Waals surface area contributed by atoms with E-state index in [0.717, 1.165) is 12.1 Å². The van der Waals surface area contributed by atoms with E-state index in [9.17, 15) is 4.79 Å². The van der Waals surface area contributed by atoms with Gasteiger partial charge in [-0.3, -0.25) is 9.48 Å². The van der Waals surface area contributed by atoms with E-state index >= 15 is 0 Å². The Morgan fingerprint density at radius 1 is 1.50 bits per heavy atom. The van der Waals surface area contributed by atoms with Crippen molar-refractivity contribution in [2.75, 3.05) is 7.11 Å². The van der Waals surface area contributed by atoms with Crippen molar-refractivity contribution in [2.24, 2.45) is 0 Å². The molecule has 5 nitrogen and oxygen atoms in total. The predicted octanol–water partition coefficient (Wildman–Crippen LogP) is 2.62. The maximum Gasteiger partial charge on any atom is 0.170 e. The molecule has 0 N–H and O–H groups in total. The molecule has 0 radical (unpaired) electrons. The van der Waals surface area contributed by atoms with Crippen LogP contribution in [0.2, 0.25) is 0 Å². The lowest BCUT2D eigenvalue weighted by atomic mass is 9.98. The van der Waals surface area contributed by atoms with Crippen molar-refractivity contribution in [3.8, 4) is 11.5 Å². The van der Waals surface area contributed by atoms with Crippen LogP contribution in [-0.4, -0.2) is 22.7 Å². The van der Waals surface area contributed by atoms with Crippen LogP contribution in [0, 0.1) is 0 Å². The van der Waals surface area contributed by atoms with E-state index in [0.29, 0.717) is 23.5 Å². The van der Waals surface area contributed by atoms with E-state index in [1.165, 1.54) is 0 Å². The number of fused-ring (bicyclic) bond motifs is 1. The zero-order valence-electron chi connectivity index (χ0n) is 11.5. The molecule has 0 aliphatic carbocycles. The van der Waals surface area contributed by atoms with Crippen molar-refractivity contribution >= 4 is 5.78 Å². The van der Waals surface area contributed by atoms with E-state index < -0.39 is 0 Å². The van der Waals surface area contributed by atoms with Crippen molar-refractivity contribution in [1.82, 2.24) is 9.78 Å². The number of hydrogen-bond donors (Lipinski definition) is 0. The van der Waals surface area contributed by atoms with Crippen LogP contribution in [0.3, 0.4) is 0 Å². The fraction of sp³-hybridized carbons (Fsp3) is 0.333. The van der Waals surface area contributed by atoms with Gasteiger partial charge in [0.25, 0.3) is 0 Å². The molecule has 3 rings (SSSR count). The predicted molar refractivity (Wildman–Crippen MR) is 73.2 cm³/mol. The fourth-order valence-corrected chi connectivity index (χ4v) is 2.34. The second-order valence-electron chi connectivity index (χ2n) is 4.73. The summed E-state index contributed by atoms with van der Waals surface area (Å²) in [6, 6.07) is 5.28. The van der Waals surface area contributed by atoms with Crippen molar-refractivity contribution < 1.29 is 14.3 Å². The minimum absolute atomic E-state index is 0.0863.